The summed E-state index contributed by atoms with van der Waals surface area (Å²) in [6, 6.07) is 3.61. The van der Waals surface area contributed by atoms with Crippen molar-refractivity contribution < 1.29 is 9.42 Å². The number of hydrogen-bond donors (Lipinski definition) is 2. The lowest BCUT2D eigenvalue weighted by molar-refractivity contribution is 0.0949. The van der Waals surface area contributed by atoms with Gasteiger partial charge in [-0.1, -0.05) is 23.0 Å². The second-order valence-corrected chi connectivity index (χ2v) is 7.11. The number of carbonyl (C=O) groups is 1. The number of thioether (sulfide) groups is 1. The van der Waals surface area contributed by atoms with Crippen molar-refractivity contribution in [2.75, 3.05) is 5.73 Å². The Kier molecular flexibility index (Phi) is 5.65. The fourth-order valence-corrected chi connectivity index (χ4v) is 3.36. The molecule has 0 aliphatic heterocycles. The largest absolute Gasteiger partial charge is 0.378 e. The van der Waals surface area contributed by atoms with Gasteiger partial charge in [0.05, 0.1) is 11.4 Å². The number of pyridine rings is 1. The van der Waals surface area contributed by atoms with Crippen LogP contribution in [-0.4, -0.2) is 56.7 Å². The van der Waals surface area contributed by atoms with Crippen LogP contribution >= 0.6 is 11.8 Å². The number of hydrazone groups is 1. The van der Waals surface area contributed by atoms with E-state index in [1.54, 1.807) is 43.3 Å². The number of amides is 1. The van der Waals surface area contributed by atoms with Gasteiger partial charge in [-0.15, -0.1) is 15.3 Å². The number of nitrogen functional groups attached to an aromatic ring is 1. The van der Waals surface area contributed by atoms with Gasteiger partial charge in [0.1, 0.15) is 6.33 Å². The molecule has 0 aliphatic carbocycles. The third-order valence-electron chi connectivity index (χ3n) is 4.09. The highest BCUT2D eigenvalue weighted by Gasteiger charge is 2.24. The molecule has 4 rings (SSSR count). The van der Waals surface area contributed by atoms with Crippen LogP contribution in [-0.2, 0) is 12.8 Å². The molecule has 0 saturated heterocycles. The smallest absolute Gasteiger partial charge is 0.293 e. The zero-order valence-corrected chi connectivity index (χ0v) is 17.2. The van der Waals surface area contributed by atoms with Crippen molar-refractivity contribution in [3.05, 3.63) is 47.8 Å². The molecule has 0 radical (unpaired) electrons. The van der Waals surface area contributed by atoms with Gasteiger partial charge in [-0.05, 0) is 23.3 Å². The second kappa shape index (κ2) is 8.70. The zero-order valence-electron chi connectivity index (χ0n) is 16.4. The lowest BCUT2D eigenvalue weighted by atomic mass is 10.2. The Morgan fingerprint density at radius 3 is 2.90 bits per heavy atom. The molecule has 0 fully saturated rings. The first-order chi connectivity index (χ1) is 15.0. The standard InChI is InChI=1S/C16H16N12O2S/c1-9(10-4-3-5-18-6-10)20-22-15(29)12-11(7-31-16-23-19-8-27(16)2)28(26-21-12)14-13(17)24-30-25-14/h3-6,8H,7H2,1-2H3,(H2,17,24)(H,22,29)/b20-9+. The normalized spacial score (nSPS) is 11.6. The number of hydrogen-bond acceptors (Lipinski definition) is 12. The van der Waals surface area contributed by atoms with Crippen LogP contribution in [0, 0.1) is 0 Å². The Morgan fingerprint density at radius 1 is 1.35 bits per heavy atom. The predicted octanol–water partition coefficient (Wildman–Crippen LogP) is 0.202. The molecule has 4 heterocycles. The molecule has 14 nitrogen and oxygen atoms in total. The number of nitrogens with two attached hydrogens (primary N) is 1. The summed E-state index contributed by atoms with van der Waals surface area (Å²) in [7, 11) is 1.81. The lowest BCUT2D eigenvalue weighted by Gasteiger charge is -2.06. The van der Waals surface area contributed by atoms with E-state index in [1.807, 2.05) is 6.07 Å². The average Bonchev–Trinajstić information content (AvgIpc) is 3.50. The topological polar surface area (TPSA) is 181 Å². The van der Waals surface area contributed by atoms with Crippen molar-refractivity contribution in [2.24, 2.45) is 12.1 Å². The van der Waals surface area contributed by atoms with Gasteiger partial charge in [-0.3, -0.25) is 9.78 Å². The van der Waals surface area contributed by atoms with E-state index in [0.29, 0.717) is 16.6 Å². The molecule has 0 spiro atoms. The first kappa shape index (κ1) is 20.1. The molecule has 4 aromatic rings. The van der Waals surface area contributed by atoms with Crippen molar-refractivity contribution in [2.45, 2.75) is 17.8 Å². The summed E-state index contributed by atoms with van der Waals surface area (Å²) < 4.78 is 7.68. The van der Waals surface area contributed by atoms with Gasteiger partial charge in [-0.2, -0.15) is 9.78 Å². The maximum Gasteiger partial charge on any atom is 0.293 e. The van der Waals surface area contributed by atoms with Crippen LogP contribution in [0.3, 0.4) is 0 Å². The number of aryl methyl sites for hydroxylation is 1. The molecule has 158 valence electrons. The first-order valence-electron chi connectivity index (χ1n) is 8.79. The molecule has 3 N–H and O–H groups in total. The molecule has 0 aromatic carbocycles. The second-order valence-electron chi connectivity index (χ2n) is 6.16. The minimum atomic E-state index is -0.557. The van der Waals surface area contributed by atoms with Crippen LogP contribution in [0.15, 0.2) is 45.7 Å². The van der Waals surface area contributed by atoms with Crippen LogP contribution in [0.25, 0.3) is 5.82 Å². The van der Waals surface area contributed by atoms with Crippen LogP contribution in [0.4, 0.5) is 5.82 Å². The van der Waals surface area contributed by atoms with E-state index >= 15 is 0 Å². The Labute approximate surface area is 178 Å². The summed E-state index contributed by atoms with van der Waals surface area (Å²) in [5.74, 6) is -0.166. The van der Waals surface area contributed by atoms with Crippen LogP contribution in [0.1, 0.15) is 28.7 Å². The van der Waals surface area contributed by atoms with Crippen LogP contribution < -0.4 is 11.2 Å². The number of nitrogens with zero attached hydrogens (tertiary/aromatic N) is 10. The Morgan fingerprint density at radius 2 is 2.23 bits per heavy atom. The molecule has 31 heavy (non-hydrogen) atoms. The third-order valence-corrected chi connectivity index (χ3v) is 5.13. The van der Waals surface area contributed by atoms with Crippen molar-refractivity contribution in [3.8, 4) is 5.82 Å². The SMILES string of the molecule is C/C(=N\NC(=O)c1nnn(-c2nonc2N)c1CSc1nncn1C)c1cccnc1. The van der Waals surface area contributed by atoms with E-state index in [2.05, 4.69) is 51.0 Å². The van der Waals surface area contributed by atoms with Gasteiger partial charge in [0.15, 0.2) is 10.9 Å². The summed E-state index contributed by atoms with van der Waals surface area (Å²) >= 11 is 1.33. The Hall–Kier alpha value is -4.14. The predicted molar refractivity (Wildman–Crippen MR) is 108 cm³/mol. The van der Waals surface area contributed by atoms with E-state index in [-0.39, 0.29) is 23.1 Å². The zero-order chi connectivity index (χ0) is 21.8. The number of anilines is 1. The van der Waals surface area contributed by atoms with E-state index < -0.39 is 5.91 Å². The first-order valence-corrected chi connectivity index (χ1v) is 9.78. The molecule has 1 amide bonds. The van der Waals surface area contributed by atoms with Crippen LogP contribution in [0.2, 0.25) is 0 Å². The molecule has 0 saturated carbocycles. The summed E-state index contributed by atoms with van der Waals surface area (Å²) in [6.45, 7) is 1.75. The number of rotatable bonds is 7. The number of carbonyl (C=O) groups excluding carboxylic acids is 1. The summed E-state index contributed by atoms with van der Waals surface area (Å²) in [5.41, 5.74) is 10.1. The Balaban J connectivity index is 1.62. The van der Waals surface area contributed by atoms with Gasteiger partial charge < -0.3 is 10.3 Å². The van der Waals surface area contributed by atoms with E-state index in [1.165, 1.54) is 16.4 Å². The van der Waals surface area contributed by atoms with Crippen molar-refractivity contribution in [3.63, 3.8) is 0 Å². The lowest BCUT2D eigenvalue weighted by Crippen LogP contribution is -2.21. The Bertz CT molecular complexity index is 1230. The quantitative estimate of drug-likeness (QED) is 0.227. The fraction of sp³-hybridized carbons (Fsp3) is 0.188. The fourth-order valence-electron chi connectivity index (χ4n) is 2.48. The summed E-state index contributed by atoms with van der Waals surface area (Å²) in [4.78, 5) is 16.8. The molecule has 0 unspecified atom stereocenters. The average molecular weight is 440 g/mol. The van der Waals surface area contributed by atoms with Crippen molar-refractivity contribution >= 4 is 29.2 Å². The highest BCUT2D eigenvalue weighted by molar-refractivity contribution is 7.98. The third kappa shape index (κ3) is 4.25. The van der Waals surface area contributed by atoms with E-state index in [4.69, 9.17) is 5.73 Å². The van der Waals surface area contributed by atoms with E-state index in [0.717, 1.165) is 5.56 Å². The van der Waals surface area contributed by atoms with Crippen molar-refractivity contribution in [1.29, 1.82) is 0 Å². The van der Waals surface area contributed by atoms with Gasteiger partial charge >= 0.3 is 0 Å². The van der Waals surface area contributed by atoms with Gasteiger partial charge in [0.25, 0.3) is 5.91 Å². The number of nitrogens with one attached hydrogen (secondary N) is 1. The minimum Gasteiger partial charge on any atom is -0.378 e. The molecular formula is C16H16N12O2S. The molecule has 0 aliphatic rings. The highest BCUT2D eigenvalue weighted by atomic mass is 32.2. The monoisotopic (exact) mass is 440 g/mol. The highest BCUT2D eigenvalue weighted by Crippen LogP contribution is 2.24. The summed E-state index contributed by atoms with van der Waals surface area (Å²) in [6.07, 6.45) is 4.87. The maximum absolute atomic E-state index is 12.8. The number of aromatic nitrogens is 9. The molecule has 15 heteroatoms. The van der Waals surface area contributed by atoms with Crippen molar-refractivity contribution in [1.82, 2.24) is 50.5 Å². The van der Waals surface area contributed by atoms with Gasteiger partial charge in [-0.25, -0.2) is 10.1 Å². The molecule has 4 aromatic heterocycles. The van der Waals surface area contributed by atoms with E-state index in [9.17, 15) is 4.79 Å². The van der Waals surface area contributed by atoms with Gasteiger partial charge in [0, 0.05) is 30.8 Å². The van der Waals surface area contributed by atoms with Crippen LogP contribution in [0.5, 0.6) is 0 Å². The van der Waals surface area contributed by atoms with Gasteiger partial charge in [0.2, 0.25) is 11.6 Å². The maximum atomic E-state index is 12.8. The molecular weight excluding hydrogens is 424 g/mol. The minimum absolute atomic E-state index is 0.00668. The molecule has 0 atom stereocenters. The molecule has 0 bridgehead atoms. The summed E-state index contributed by atoms with van der Waals surface area (Å²) in [5, 5.41) is 27.9.